The van der Waals surface area contributed by atoms with Crippen LogP contribution in [-0.2, 0) is 13.1 Å². The Kier molecular flexibility index (Phi) is 9.77. The number of nitrogens with zero attached hydrogens (tertiary/aromatic N) is 3. The van der Waals surface area contributed by atoms with Gasteiger partial charge in [0.2, 0.25) is 0 Å². The van der Waals surface area contributed by atoms with Crippen LogP contribution in [0.5, 0.6) is 0 Å². The quantitative estimate of drug-likeness (QED) is 0.164. The van der Waals surface area contributed by atoms with E-state index >= 15 is 0 Å². The van der Waals surface area contributed by atoms with Gasteiger partial charge in [-0.15, -0.1) is 0 Å². The van der Waals surface area contributed by atoms with Gasteiger partial charge in [-0.2, -0.15) is 0 Å². The molecule has 0 aliphatic carbocycles. The van der Waals surface area contributed by atoms with Crippen LogP contribution in [0.1, 0.15) is 57.3 Å². The molecule has 1 aliphatic rings. The Labute approximate surface area is 284 Å². The summed E-state index contributed by atoms with van der Waals surface area (Å²) in [5.74, 6) is 0. The van der Waals surface area contributed by atoms with Crippen molar-refractivity contribution in [3.8, 4) is 22.3 Å². The minimum Gasteiger partial charge on any atom is -0.364 e. The normalized spacial score (nSPS) is 14.1. The van der Waals surface area contributed by atoms with Crippen LogP contribution in [0.15, 0.2) is 95.7 Å². The number of anilines is 1. The maximum atomic E-state index is 4.71. The molecule has 1 aromatic heterocycles. The lowest BCUT2D eigenvalue weighted by Gasteiger charge is -2.40. The number of piperidine rings is 1. The molecule has 0 unspecified atom stereocenters. The molecule has 3 nitrogen and oxygen atoms in total. The van der Waals surface area contributed by atoms with Gasteiger partial charge in [0.25, 0.3) is 0 Å². The largest absolute Gasteiger partial charge is 0.364 e. The van der Waals surface area contributed by atoms with Gasteiger partial charge in [0.1, 0.15) is 0 Å². The Hall–Kier alpha value is -3.73. The van der Waals surface area contributed by atoms with Gasteiger partial charge in [-0.1, -0.05) is 58.4 Å². The molecule has 5 aromatic rings. The van der Waals surface area contributed by atoms with Crippen molar-refractivity contribution in [1.82, 2.24) is 9.88 Å². The van der Waals surface area contributed by atoms with E-state index in [-0.39, 0.29) is 0 Å². The van der Waals surface area contributed by atoms with Crippen molar-refractivity contribution in [1.29, 1.82) is 0 Å². The molecule has 0 amide bonds. The average Bonchev–Trinajstić information content (AvgIpc) is 3.06. The van der Waals surface area contributed by atoms with Crippen LogP contribution >= 0.6 is 15.9 Å². The number of benzene rings is 4. The summed E-state index contributed by atoms with van der Waals surface area (Å²) < 4.78 is 1.11. The van der Waals surface area contributed by atoms with Crippen LogP contribution in [-0.4, -0.2) is 29.0 Å². The third-order valence-electron chi connectivity index (χ3n) is 10.2. The molecule has 1 fully saturated rings. The van der Waals surface area contributed by atoms with Gasteiger partial charge in [0.15, 0.2) is 0 Å². The first-order chi connectivity index (χ1) is 22.1. The average molecular weight is 673 g/mol. The number of halogens is 1. The van der Waals surface area contributed by atoms with E-state index in [2.05, 4.69) is 146 Å². The van der Waals surface area contributed by atoms with Gasteiger partial charge in [0.05, 0.1) is 0 Å². The third-order valence-corrected chi connectivity index (χ3v) is 10.7. The zero-order valence-electron chi connectivity index (χ0n) is 28.2. The van der Waals surface area contributed by atoms with E-state index in [1.165, 1.54) is 72.4 Å². The molecule has 4 aromatic carbocycles. The fraction of sp³-hybridized carbons (Fsp3) is 0.310. The van der Waals surface area contributed by atoms with Crippen LogP contribution < -0.4 is 4.90 Å². The Morgan fingerprint density at radius 1 is 0.652 bits per heavy atom. The summed E-state index contributed by atoms with van der Waals surface area (Å²) in [7, 11) is 0. The maximum absolute atomic E-state index is 4.71. The monoisotopic (exact) mass is 671 g/mol. The number of hydrogen-bond donors (Lipinski definition) is 0. The number of aryl methyl sites for hydroxylation is 4. The summed E-state index contributed by atoms with van der Waals surface area (Å²) >= 11 is 3.64. The first-order valence-electron chi connectivity index (χ1n) is 16.6. The topological polar surface area (TPSA) is 19.4 Å². The molecule has 6 rings (SSSR count). The minimum atomic E-state index is 0.467. The van der Waals surface area contributed by atoms with E-state index in [1.54, 1.807) is 0 Å². The standard InChI is InChI=1S/C42H46BrN3/c1-28-18-37(19-29(2)32(28)5)36-9-7-8-34(22-36)26-45-16-14-42(15-17-45)46(41-12-10-40(43)11-13-41)27-35-23-39(25-44-24-35)38-20-30(3)33(6)31(4)21-38/h7-13,18-25,42H,14-17,26-27H2,1-6H3. The van der Waals surface area contributed by atoms with Crippen molar-refractivity contribution < 1.29 is 0 Å². The van der Waals surface area contributed by atoms with Crippen molar-refractivity contribution in [3.63, 3.8) is 0 Å². The number of likely N-dealkylation sites (tertiary alicyclic amines) is 1. The second-order valence-electron chi connectivity index (χ2n) is 13.4. The highest BCUT2D eigenvalue weighted by Gasteiger charge is 2.26. The van der Waals surface area contributed by atoms with E-state index < -0.39 is 0 Å². The highest BCUT2D eigenvalue weighted by Crippen LogP contribution is 2.31. The van der Waals surface area contributed by atoms with Crippen molar-refractivity contribution in [2.75, 3.05) is 18.0 Å². The van der Waals surface area contributed by atoms with E-state index in [0.717, 1.165) is 43.5 Å². The summed E-state index contributed by atoms with van der Waals surface area (Å²) in [6.07, 6.45) is 6.32. The fourth-order valence-electron chi connectivity index (χ4n) is 6.89. The lowest BCUT2D eigenvalue weighted by atomic mass is 9.95. The van der Waals surface area contributed by atoms with E-state index in [0.29, 0.717) is 6.04 Å². The molecule has 1 saturated heterocycles. The molecule has 0 atom stereocenters. The Balaban J connectivity index is 1.17. The molecular formula is C42H46BrN3. The molecule has 0 bridgehead atoms. The first kappa shape index (κ1) is 32.2. The van der Waals surface area contributed by atoms with Crippen molar-refractivity contribution in [3.05, 3.63) is 140 Å². The van der Waals surface area contributed by atoms with Crippen LogP contribution in [0.4, 0.5) is 5.69 Å². The van der Waals surface area contributed by atoms with Crippen molar-refractivity contribution in [2.45, 2.75) is 73.5 Å². The van der Waals surface area contributed by atoms with E-state index in [1.807, 2.05) is 12.4 Å². The number of aromatic nitrogens is 1. The molecule has 46 heavy (non-hydrogen) atoms. The molecule has 2 heterocycles. The Morgan fingerprint density at radius 3 is 1.83 bits per heavy atom. The second kappa shape index (κ2) is 13.9. The predicted molar refractivity (Wildman–Crippen MR) is 199 cm³/mol. The van der Waals surface area contributed by atoms with Gasteiger partial charge in [-0.25, -0.2) is 0 Å². The van der Waals surface area contributed by atoms with Crippen LogP contribution in [0.25, 0.3) is 22.3 Å². The third kappa shape index (κ3) is 7.29. The van der Waals surface area contributed by atoms with Gasteiger partial charge in [-0.3, -0.25) is 9.88 Å². The van der Waals surface area contributed by atoms with Crippen LogP contribution in [0.2, 0.25) is 0 Å². The van der Waals surface area contributed by atoms with Gasteiger partial charge in [-0.05, 0) is 152 Å². The summed E-state index contributed by atoms with van der Waals surface area (Å²) in [4.78, 5) is 9.95. The van der Waals surface area contributed by atoms with E-state index in [9.17, 15) is 0 Å². The fourth-order valence-corrected chi connectivity index (χ4v) is 7.16. The number of pyridine rings is 1. The molecule has 4 heteroatoms. The molecule has 0 spiro atoms. The van der Waals surface area contributed by atoms with Crippen molar-refractivity contribution in [2.24, 2.45) is 0 Å². The lowest BCUT2D eigenvalue weighted by molar-refractivity contribution is 0.201. The summed E-state index contributed by atoms with van der Waals surface area (Å²) in [5, 5.41) is 0. The summed E-state index contributed by atoms with van der Waals surface area (Å²) in [6, 6.07) is 30.0. The molecular weight excluding hydrogens is 626 g/mol. The molecule has 1 aliphatic heterocycles. The maximum Gasteiger partial charge on any atom is 0.0448 e. The van der Waals surface area contributed by atoms with Crippen LogP contribution in [0, 0.1) is 41.5 Å². The molecule has 0 N–H and O–H groups in total. The Bertz CT molecular complexity index is 1790. The minimum absolute atomic E-state index is 0.467. The van der Waals surface area contributed by atoms with E-state index in [4.69, 9.17) is 4.98 Å². The van der Waals surface area contributed by atoms with Gasteiger partial charge in [0, 0.05) is 60.3 Å². The van der Waals surface area contributed by atoms with Gasteiger partial charge >= 0.3 is 0 Å². The zero-order chi connectivity index (χ0) is 32.4. The number of hydrogen-bond acceptors (Lipinski definition) is 3. The smallest absolute Gasteiger partial charge is 0.0448 e. The number of rotatable bonds is 8. The SMILES string of the molecule is Cc1cc(-c2cccc(CN3CCC(N(Cc4cncc(-c5cc(C)c(C)c(C)c5)c4)c4ccc(Br)cc4)CC3)c2)cc(C)c1C. The lowest BCUT2D eigenvalue weighted by Crippen LogP contribution is -2.44. The van der Waals surface area contributed by atoms with Gasteiger partial charge < -0.3 is 4.90 Å². The Morgan fingerprint density at radius 2 is 1.22 bits per heavy atom. The highest BCUT2D eigenvalue weighted by molar-refractivity contribution is 9.10. The zero-order valence-corrected chi connectivity index (χ0v) is 29.8. The van der Waals surface area contributed by atoms with Crippen LogP contribution in [0.3, 0.4) is 0 Å². The second-order valence-corrected chi connectivity index (χ2v) is 14.3. The molecule has 0 saturated carbocycles. The summed E-state index contributed by atoms with van der Waals surface area (Å²) in [6.45, 7) is 17.3. The summed E-state index contributed by atoms with van der Waals surface area (Å²) in [5.41, 5.74) is 17.1. The first-order valence-corrected chi connectivity index (χ1v) is 17.4. The highest BCUT2D eigenvalue weighted by atomic mass is 79.9. The molecule has 236 valence electrons. The van der Waals surface area contributed by atoms with Crippen molar-refractivity contribution >= 4 is 21.6 Å². The molecule has 0 radical (unpaired) electrons. The predicted octanol–water partition coefficient (Wildman–Crippen LogP) is 10.7.